The van der Waals surface area contributed by atoms with Crippen LogP contribution in [0.5, 0.6) is 5.75 Å². The van der Waals surface area contributed by atoms with Gasteiger partial charge in [-0.2, -0.15) is 0 Å². The van der Waals surface area contributed by atoms with Gasteiger partial charge < -0.3 is 15.5 Å². The van der Waals surface area contributed by atoms with Crippen molar-refractivity contribution in [1.82, 2.24) is 10.3 Å². The molecule has 0 radical (unpaired) electrons. The lowest BCUT2D eigenvalue weighted by molar-refractivity contribution is 0.116. The molecule has 88 valence electrons. The molecule has 0 spiro atoms. The Morgan fingerprint density at radius 3 is 2.62 bits per heavy atom. The molecule has 0 atom stereocenters. The Hall–Kier alpha value is -1.13. The maximum Gasteiger partial charge on any atom is 0.133 e. The molecule has 1 saturated carbocycles. The summed E-state index contributed by atoms with van der Waals surface area (Å²) >= 11 is 0. The highest BCUT2D eigenvalue weighted by Crippen LogP contribution is 2.18. The van der Waals surface area contributed by atoms with E-state index in [2.05, 4.69) is 10.3 Å². The highest BCUT2D eigenvalue weighted by Gasteiger charge is 2.18. The van der Waals surface area contributed by atoms with Gasteiger partial charge in [0.1, 0.15) is 5.75 Å². The minimum absolute atomic E-state index is 0.107. The fourth-order valence-electron chi connectivity index (χ4n) is 2.05. The summed E-state index contributed by atoms with van der Waals surface area (Å²) in [6.07, 6.45) is 5.19. The van der Waals surface area contributed by atoms with Gasteiger partial charge in [-0.15, -0.1) is 0 Å². The lowest BCUT2D eigenvalue weighted by Crippen LogP contribution is -2.34. The van der Waals surface area contributed by atoms with Gasteiger partial charge in [0.2, 0.25) is 0 Å². The normalized spacial score (nSPS) is 25.6. The molecule has 3 N–H and O–H groups in total. The maximum atomic E-state index is 9.37. The van der Waals surface area contributed by atoms with Crippen molar-refractivity contribution in [2.75, 3.05) is 0 Å². The van der Waals surface area contributed by atoms with E-state index in [9.17, 15) is 5.11 Å². The molecule has 0 amide bonds. The van der Waals surface area contributed by atoms with Crippen LogP contribution in [-0.4, -0.2) is 27.3 Å². The molecule has 4 heteroatoms. The lowest BCUT2D eigenvalue weighted by Gasteiger charge is -2.26. The van der Waals surface area contributed by atoms with Gasteiger partial charge in [0, 0.05) is 12.6 Å². The molecule has 2 rings (SSSR count). The molecule has 1 fully saturated rings. The average Bonchev–Trinajstić information content (AvgIpc) is 2.30. The van der Waals surface area contributed by atoms with Crippen LogP contribution in [0.3, 0.4) is 0 Å². The van der Waals surface area contributed by atoms with Crippen LogP contribution in [0.15, 0.2) is 18.3 Å². The number of nitrogens with one attached hydrogen (secondary N) is 1. The molecule has 0 bridgehead atoms. The van der Waals surface area contributed by atoms with Crippen LogP contribution >= 0.6 is 0 Å². The van der Waals surface area contributed by atoms with Crippen molar-refractivity contribution >= 4 is 0 Å². The fraction of sp³-hybridized carbons (Fsp3) is 0.583. The van der Waals surface area contributed by atoms with E-state index in [0.29, 0.717) is 6.04 Å². The number of rotatable bonds is 3. The number of hydrogen-bond acceptors (Lipinski definition) is 4. The van der Waals surface area contributed by atoms with Crippen LogP contribution in [0, 0.1) is 0 Å². The Morgan fingerprint density at radius 1 is 1.25 bits per heavy atom. The van der Waals surface area contributed by atoms with Gasteiger partial charge in [-0.1, -0.05) is 0 Å². The van der Waals surface area contributed by atoms with E-state index < -0.39 is 0 Å². The Morgan fingerprint density at radius 2 is 2.00 bits per heavy atom. The fourth-order valence-corrected chi connectivity index (χ4v) is 2.05. The van der Waals surface area contributed by atoms with Crippen LogP contribution < -0.4 is 5.32 Å². The van der Waals surface area contributed by atoms with E-state index in [0.717, 1.165) is 37.9 Å². The van der Waals surface area contributed by atoms with Gasteiger partial charge in [-0.3, -0.25) is 4.98 Å². The summed E-state index contributed by atoms with van der Waals surface area (Å²) in [5.41, 5.74) is 0.934. The third-order valence-corrected chi connectivity index (χ3v) is 3.08. The second-order valence-corrected chi connectivity index (χ2v) is 4.39. The molecular weight excluding hydrogens is 204 g/mol. The molecule has 0 aromatic carbocycles. The van der Waals surface area contributed by atoms with Crippen molar-refractivity contribution in [2.24, 2.45) is 0 Å². The van der Waals surface area contributed by atoms with Gasteiger partial charge in [0.15, 0.2) is 0 Å². The van der Waals surface area contributed by atoms with Crippen LogP contribution in [0.4, 0.5) is 0 Å². The zero-order valence-corrected chi connectivity index (χ0v) is 9.26. The quantitative estimate of drug-likeness (QED) is 0.718. The Labute approximate surface area is 95.3 Å². The first-order chi connectivity index (χ1) is 7.74. The van der Waals surface area contributed by atoms with Crippen LogP contribution in [0.2, 0.25) is 0 Å². The van der Waals surface area contributed by atoms with Crippen LogP contribution in [0.1, 0.15) is 31.4 Å². The molecule has 0 saturated heterocycles. The first kappa shape index (κ1) is 11.4. The number of nitrogens with zero attached hydrogens (tertiary/aromatic N) is 1. The number of aliphatic hydroxyl groups excluding tert-OH is 1. The van der Waals surface area contributed by atoms with Crippen molar-refractivity contribution in [2.45, 2.75) is 44.4 Å². The highest BCUT2D eigenvalue weighted by molar-refractivity contribution is 5.17. The summed E-state index contributed by atoms with van der Waals surface area (Å²) in [5.74, 6) is 0.199. The second-order valence-electron chi connectivity index (χ2n) is 4.39. The minimum atomic E-state index is -0.107. The lowest BCUT2D eigenvalue weighted by atomic mass is 9.93. The Balaban J connectivity index is 1.77. The Bertz CT molecular complexity index is 318. The number of aliphatic hydroxyl groups is 1. The van der Waals surface area contributed by atoms with E-state index in [-0.39, 0.29) is 11.9 Å². The first-order valence-corrected chi connectivity index (χ1v) is 5.79. The molecule has 4 nitrogen and oxygen atoms in total. The monoisotopic (exact) mass is 222 g/mol. The second kappa shape index (κ2) is 5.27. The summed E-state index contributed by atoms with van der Waals surface area (Å²) in [7, 11) is 0. The van der Waals surface area contributed by atoms with Crippen molar-refractivity contribution < 1.29 is 10.2 Å². The van der Waals surface area contributed by atoms with Gasteiger partial charge in [0.05, 0.1) is 18.0 Å². The van der Waals surface area contributed by atoms with Gasteiger partial charge in [0.25, 0.3) is 0 Å². The number of pyridine rings is 1. The molecule has 1 heterocycles. The van der Waals surface area contributed by atoms with E-state index in [1.165, 1.54) is 6.20 Å². The molecule has 1 aromatic rings. The number of hydrogen-bond donors (Lipinski definition) is 3. The van der Waals surface area contributed by atoms with Gasteiger partial charge >= 0.3 is 0 Å². The summed E-state index contributed by atoms with van der Waals surface area (Å²) in [6.45, 7) is 0.723. The van der Waals surface area contributed by atoms with Crippen molar-refractivity contribution in [1.29, 1.82) is 0 Å². The molecule has 0 aliphatic heterocycles. The molecule has 1 aliphatic carbocycles. The Kier molecular flexibility index (Phi) is 3.74. The van der Waals surface area contributed by atoms with E-state index in [1.807, 2.05) is 6.07 Å². The molecule has 1 aromatic heterocycles. The smallest absolute Gasteiger partial charge is 0.133 e. The molecule has 0 unspecified atom stereocenters. The predicted molar refractivity (Wildman–Crippen MR) is 61.0 cm³/mol. The zero-order chi connectivity index (χ0) is 11.4. The third kappa shape index (κ3) is 3.18. The van der Waals surface area contributed by atoms with Gasteiger partial charge in [-0.25, -0.2) is 0 Å². The third-order valence-electron chi connectivity index (χ3n) is 3.08. The topological polar surface area (TPSA) is 65.4 Å². The molecule has 16 heavy (non-hydrogen) atoms. The summed E-state index contributed by atoms with van der Waals surface area (Å²) < 4.78 is 0. The first-order valence-electron chi connectivity index (χ1n) is 5.79. The average molecular weight is 222 g/mol. The number of aromatic nitrogens is 1. The SMILES string of the molecule is Oc1ccc(CNC2CCC(O)CC2)nc1. The van der Waals surface area contributed by atoms with Crippen LogP contribution in [0.25, 0.3) is 0 Å². The highest BCUT2D eigenvalue weighted by atomic mass is 16.3. The van der Waals surface area contributed by atoms with Crippen molar-refractivity contribution in [3.8, 4) is 5.75 Å². The van der Waals surface area contributed by atoms with E-state index in [4.69, 9.17) is 5.11 Å². The largest absolute Gasteiger partial charge is 0.506 e. The summed E-state index contributed by atoms with van der Waals surface area (Å²) in [4.78, 5) is 4.12. The van der Waals surface area contributed by atoms with E-state index >= 15 is 0 Å². The maximum absolute atomic E-state index is 9.37. The molecular formula is C12H18N2O2. The van der Waals surface area contributed by atoms with Crippen molar-refractivity contribution in [3.63, 3.8) is 0 Å². The predicted octanol–water partition coefficient (Wildman–Crippen LogP) is 1.18. The van der Waals surface area contributed by atoms with Crippen molar-refractivity contribution in [3.05, 3.63) is 24.0 Å². The molecule has 1 aliphatic rings. The summed E-state index contributed by atoms with van der Waals surface area (Å²) in [5, 5.41) is 21.9. The summed E-state index contributed by atoms with van der Waals surface area (Å²) in [6, 6.07) is 3.95. The van der Waals surface area contributed by atoms with E-state index in [1.54, 1.807) is 6.07 Å². The standard InChI is InChI=1S/C12H18N2O2/c15-11-4-1-9(2-5-11)13-7-10-3-6-12(16)8-14-10/h3,6,8-9,11,13,15-16H,1-2,4-5,7H2. The van der Waals surface area contributed by atoms with Crippen LogP contribution in [-0.2, 0) is 6.54 Å². The minimum Gasteiger partial charge on any atom is -0.506 e. The van der Waals surface area contributed by atoms with Gasteiger partial charge in [-0.05, 0) is 37.8 Å². The number of aromatic hydroxyl groups is 1. The zero-order valence-electron chi connectivity index (χ0n) is 9.26.